The molecule has 9 heavy (non-hydrogen) atoms. The number of hydrogen-bond acceptors (Lipinski definition) is 1. The molecule has 0 N–H and O–H groups in total. The van der Waals surface area contributed by atoms with Crippen LogP contribution in [0.25, 0.3) is 0 Å². The first-order valence-corrected chi connectivity index (χ1v) is 2.53. The van der Waals surface area contributed by atoms with E-state index in [2.05, 4.69) is 6.08 Å². The van der Waals surface area contributed by atoms with Gasteiger partial charge in [0, 0.05) is 21.1 Å². The normalized spacial score (nSPS) is 16.4. The van der Waals surface area contributed by atoms with Crippen molar-refractivity contribution in [2.24, 2.45) is 0 Å². The monoisotopic (exact) mass is 291 g/mol. The molecule has 0 bridgehead atoms. The van der Waals surface area contributed by atoms with Crippen LogP contribution in [0.3, 0.4) is 0 Å². The Morgan fingerprint density at radius 3 is 2.11 bits per heavy atom. The van der Waals surface area contributed by atoms with Crippen molar-refractivity contribution in [3.05, 3.63) is 23.3 Å². The third kappa shape index (κ3) is 1.62. The van der Waals surface area contributed by atoms with Crippen molar-refractivity contribution in [1.82, 2.24) is 0 Å². The molecular weight excluding hydrogens is 284 g/mol. The van der Waals surface area contributed by atoms with E-state index in [0.717, 1.165) is 11.1 Å². The van der Waals surface area contributed by atoms with Gasteiger partial charge in [0.2, 0.25) is 0 Å². The quantitative estimate of drug-likeness (QED) is 0.614. The minimum atomic E-state index is 0. The molecule has 2 heteroatoms. The topological polar surface area (TPSA) is 17.1 Å². The van der Waals surface area contributed by atoms with Crippen molar-refractivity contribution in [2.75, 3.05) is 0 Å². The van der Waals surface area contributed by atoms with E-state index in [1.807, 2.05) is 13.8 Å². The number of carbonyl (C=O) groups excluding carboxylic acids is 1. The van der Waals surface area contributed by atoms with Gasteiger partial charge in [0.1, 0.15) is 0 Å². The van der Waals surface area contributed by atoms with E-state index >= 15 is 0 Å². The molecule has 0 atom stereocenters. The van der Waals surface area contributed by atoms with Crippen LogP contribution < -0.4 is 0 Å². The zero-order valence-electron chi connectivity index (χ0n) is 5.39. The van der Waals surface area contributed by atoms with Gasteiger partial charge in [-0.05, 0) is 0 Å². The first-order valence-electron chi connectivity index (χ1n) is 2.53. The zero-order chi connectivity index (χ0) is 6.15. The number of Topliss-reactive ketones (excluding diaryl/α,β-unsaturated/α-hetero) is 1. The van der Waals surface area contributed by atoms with Crippen LogP contribution in [0.2, 0.25) is 0 Å². The largest absolute Gasteiger partial charge is 0.320 e. The smallest absolute Gasteiger partial charge is 0.0597 e. The Morgan fingerprint density at radius 1 is 1.44 bits per heavy atom. The molecule has 0 radical (unpaired) electrons. The maximum atomic E-state index is 10.6. The van der Waals surface area contributed by atoms with E-state index in [1.54, 1.807) is 6.08 Å². The SMILES string of the molecule is CC1=C(C)C(=O)[C-]=C1.[W]. The Balaban J connectivity index is 0.000000640. The van der Waals surface area contributed by atoms with Gasteiger partial charge in [-0.1, -0.05) is 13.8 Å². The second kappa shape index (κ2) is 3.12. The molecule has 0 aromatic heterocycles. The van der Waals surface area contributed by atoms with Crippen LogP contribution in [0.4, 0.5) is 0 Å². The minimum absolute atomic E-state index is 0. The summed E-state index contributed by atoms with van der Waals surface area (Å²) < 4.78 is 0. The summed E-state index contributed by atoms with van der Waals surface area (Å²) in [6, 6.07) is 0. The van der Waals surface area contributed by atoms with Gasteiger partial charge in [-0.25, -0.2) is 0 Å². The van der Waals surface area contributed by atoms with E-state index < -0.39 is 0 Å². The van der Waals surface area contributed by atoms with Crippen LogP contribution in [0.5, 0.6) is 0 Å². The van der Waals surface area contributed by atoms with Gasteiger partial charge in [0.15, 0.2) is 0 Å². The number of rotatable bonds is 0. The third-order valence-corrected chi connectivity index (χ3v) is 1.35. The fourth-order valence-corrected chi connectivity index (χ4v) is 0.569. The van der Waals surface area contributed by atoms with Gasteiger partial charge in [0.05, 0.1) is 5.78 Å². The molecule has 0 saturated heterocycles. The van der Waals surface area contributed by atoms with E-state index in [0.29, 0.717) is 0 Å². The Hall–Kier alpha value is -0.162. The summed E-state index contributed by atoms with van der Waals surface area (Å²) in [6.07, 6.45) is 4.30. The standard InChI is InChI=1S/C7H7O.W/c1-5-3-4-7(8)6(5)2;/h3H,1-2H3;/q-1;. The molecule has 0 saturated carbocycles. The number of hydrogen-bond donors (Lipinski definition) is 0. The molecule has 0 fully saturated rings. The predicted molar refractivity (Wildman–Crippen MR) is 31.2 cm³/mol. The van der Waals surface area contributed by atoms with Gasteiger partial charge in [-0.2, -0.15) is 17.2 Å². The van der Waals surface area contributed by atoms with Crippen LogP contribution in [-0.2, 0) is 25.9 Å². The second-order valence-electron chi connectivity index (χ2n) is 1.93. The summed E-state index contributed by atoms with van der Waals surface area (Å²) in [5.74, 6) is 0.0301. The van der Waals surface area contributed by atoms with E-state index in [-0.39, 0.29) is 26.8 Å². The molecular formula is C7H7OW-. The molecule has 0 heterocycles. The van der Waals surface area contributed by atoms with E-state index in [1.165, 1.54) is 0 Å². The molecule has 0 amide bonds. The maximum Gasteiger partial charge on any atom is 0.0597 e. The molecule has 0 unspecified atom stereocenters. The average Bonchev–Trinajstić information content (AvgIpc) is 1.98. The van der Waals surface area contributed by atoms with Crippen LogP contribution in [0.15, 0.2) is 17.2 Å². The average molecular weight is 291 g/mol. The van der Waals surface area contributed by atoms with Crippen molar-refractivity contribution < 1.29 is 25.9 Å². The fourth-order valence-electron chi connectivity index (χ4n) is 0.569. The summed E-state index contributed by atoms with van der Waals surface area (Å²) in [6.45, 7) is 3.72. The van der Waals surface area contributed by atoms with Gasteiger partial charge in [-0.3, -0.25) is 0 Å². The minimum Gasteiger partial charge on any atom is -0.320 e. The number of allylic oxidation sites excluding steroid dienone is 4. The van der Waals surface area contributed by atoms with Crippen LogP contribution in [-0.4, -0.2) is 5.78 Å². The molecule has 0 aliphatic heterocycles. The van der Waals surface area contributed by atoms with Gasteiger partial charge in [-0.15, -0.1) is 6.08 Å². The first-order chi connectivity index (χ1) is 3.72. The Labute approximate surface area is 69.1 Å². The van der Waals surface area contributed by atoms with Crippen molar-refractivity contribution >= 4 is 5.78 Å². The summed E-state index contributed by atoms with van der Waals surface area (Å²) in [5, 5.41) is 0. The summed E-state index contributed by atoms with van der Waals surface area (Å²) in [7, 11) is 0. The van der Waals surface area contributed by atoms with Crippen molar-refractivity contribution in [1.29, 1.82) is 0 Å². The number of ketones is 1. The first kappa shape index (κ1) is 8.84. The maximum absolute atomic E-state index is 10.6. The Bertz CT molecular complexity index is 185. The molecule has 1 nitrogen and oxygen atoms in total. The van der Waals surface area contributed by atoms with Crippen molar-refractivity contribution in [3.63, 3.8) is 0 Å². The van der Waals surface area contributed by atoms with Crippen molar-refractivity contribution in [2.45, 2.75) is 13.8 Å². The van der Waals surface area contributed by atoms with Crippen molar-refractivity contribution in [3.8, 4) is 0 Å². The molecule has 0 spiro atoms. The van der Waals surface area contributed by atoms with E-state index in [4.69, 9.17) is 0 Å². The summed E-state index contributed by atoms with van der Waals surface area (Å²) in [4.78, 5) is 10.6. The zero-order valence-corrected chi connectivity index (χ0v) is 8.33. The molecule has 0 aromatic rings. The summed E-state index contributed by atoms with van der Waals surface area (Å²) >= 11 is 0. The van der Waals surface area contributed by atoms with Gasteiger partial charge < -0.3 is 4.79 Å². The van der Waals surface area contributed by atoms with Gasteiger partial charge >= 0.3 is 0 Å². The molecule has 1 aliphatic carbocycles. The predicted octanol–water partition coefficient (Wildman–Crippen LogP) is 1.26. The van der Waals surface area contributed by atoms with Gasteiger partial charge in [0.25, 0.3) is 0 Å². The molecule has 48 valence electrons. The van der Waals surface area contributed by atoms with Crippen LogP contribution >= 0.6 is 0 Å². The Kier molecular flexibility index (Phi) is 3.06. The summed E-state index contributed by atoms with van der Waals surface area (Å²) in [5.41, 5.74) is 1.86. The Morgan fingerprint density at radius 2 is 2.00 bits per heavy atom. The molecule has 0 aromatic carbocycles. The molecule has 1 aliphatic rings. The van der Waals surface area contributed by atoms with E-state index in [9.17, 15) is 4.79 Å². The fraction of sp³-hybridized carbons (Fsp3) is 0.286. The molecule has 1 rings (SSSR count). The van der Waals surface area contributed by atoms with Crippen LogP contribution in [0.1, 0.15) is 13.8 Å². The second-order valence-corrected chi connectivity index (χ2v) is 1.93. The van der Waals surface area contributed by atoms with Crippen LogP contribution in [0, 0.1) is 6.08 Å². The third-order valence-electron chi connectivity index (χ3n) is 1.35. The number of carbonyl (C=O) groups is 1.